The van der Waals surface area contributed by atoms with E-state index in [1.807, 2.05) is 0 Å². The first-order chi connectivity index (χ1) is 10.9. The summed E-state index contributed by atoms with van der Waals surface area (Å²) in [5.41, 5.74) is -0.556. The number of aliphatic carboxylic acids is 2. The molecule has 0 aliphatic carbocycles. The van der Waals surface area contributed by atoms with Crippen LogP contribution in [0.3, 0.4) is 0 Å². The van der Waals surface area contributed by atoms with Gasteiger partial charge in [-0.2, -0.15) is 8.42 Å². The number of carbonyl (C=O) groups excluding carboxylic acids is 1. The SMILES string of the molecule is C[C@H](OS(=O)(=O)O)[C@@H]1C(=O)N2C(C(=O)O)=C([S+]([O-])CC(=O)O)C[C@H]12. The van der Waals surface area contributed by atoms with Gasteiger partial charge in [0.1, 0.15) is 0 Å². The zero-order chi connectivity index (χ0) is 18.4. The van der Waals surface area contributed by atoms with Gasteiger partial charge in [0.05, 0.1) is 18.1 Å². The van der Waals surface area contributed by atoms with Crippen LogP contribution in [-0.2, 0) is 40.1 Å². The lowest BCUT2D eigenvalue weighted by Gasteiger charge is -2.44. The molecule has 0 aromatic heterocycles. The Morgan fingerprint density at radius 2 is 2.04 bits per heavy atom. The summed E-state index contributed by atoms with van der Waals surface area (Å²) in [6.07, 6.45) is -1.45. The van der Waals surface area contributed by atoms with Crippen LogP contribution in [-0.4, -0.2) is 68.4 Å². The van der Waals surface area contributed by atoms with E-state index < -0.39 is 68.9 Å². The van der Waals surface area contributed by atoms with E-state index in [0.29, 0.717) is 0 Å². The Kier molecular flexibility index (Phi) is 4.92. The van der Waals surface area contributed by atoms with Crippen molar-refractivity contribution in [1.29, 1.82) is 0 Å². The Hall–Kier alpha value is -1.67. The van der Waals surface area contributed by atoms with Crippen molar-refractivity contribution in [3.8, 4) is 0 Å². The van der Waals surface area contributed by atoms with Gasteiger partial charge in [-0.1, -0.05) is 0 Å². The Bertz CT molecular complexity index is 729. The average molecular weight is 383 g/mol. The third-order valence-electron chi connectivity index (χ3n) is 3.68. The van der Waals surface area contributed by atoms with Crippen molar-refractivity contribution in [3.63, 3.8) is 0 Å². The van der Waals surface area contributed by atoms with Crippen LogP contribution in [0.15, 0.2) is 10.6 Å². The van der Waals surface area contributed by atoms with Crippen molar-refractivity contribution in [3.05, 3.63) is 10.6 Å². The van der Waals surface area contributed by atoms with Crippen LogP contribution in [0.4, 0.5) is 0 Å². The Morgan fingerprint density at radius 1 is 1.46 bits per heavy atom. The number of β-lactam (4-membered cyclic amide) rings is 1. The molecule has 2 rings (SSSR count). The van der Waals surface area contributed by atoms with Gasteiger partial charge in [0, 0.05) is 6.42 Å². The summed E-state index contributed by atoms with van der Waals surface area (Å²) in [7, 11) is -4.81. The van der Waals surface area contributed by atoms with Crippen LogP contribution in [0, 0.1) is 5.92 Å². The van der Waals surface area contributed by atoms with E-state index in [0.717, 1.165) is 4.90 Å². The van der Waals surface area contributed by atoms with Crippen LogP contribution < -0.4 is 0 Å². The fraction of sp³-hybridized carbons (Fsp3) is 0.545. The van der Waals surface area contributed by atoms with E-state index >= 15 is 0 Å². The molecule has 1 amide bonds. The maximum atomic E-state index is 12.1. The van der Waals surface area contributed by atoms with Crippen LogP contribution in [0.2, 0.25) is 0 Å². The van der Waals surface area contributed by atoms with E-state index in [1.165, 1.54) is 6.92 Å². The second kappa shape index (κ2) is 6.33. The van der Waals surface area contributed by atoms with E-state index in [9.17, 15) is 32.5 Å². The van der Waals surface area contributed by atoms with Gasteiger partial charge in [-0.25, -0.2) is 13.8 Å². The second-order valence-corrected chi connectivity index (χ2v) is 7.72. The second-order valence-electron chi connectivity index (χ2n) is 5.20. The minimum absolute atomic E-state index is 0.183. The average Bonchev–Trinajstić information content (AvgIpc) is 2.71. The molecule has 2 aliphatic heterocycles. The van der Waals surface area contributed by atoms with E-state index in [-0.39, 0.29) is 11.3 Å². The van der Waals surface area contributed by atoms with Crippen LogP contribution in [0.1, 0.15) is 13.3 Å². The molecule has 0 saturated carbocycles. The number of hydrogen-bond acceptors (Lipinski definition) is 7. The Balaban J connectivity index is 2.26. The number of nitrogens with zero attached hydrogens (tertiary/aromatic N) is 1. The molecule has 0 radical (unpaired) electrons. The zero-order valence-electron chi connectivity index (χ0n) is 12.1. The lowest BCUT2D eigenvalue weighted by Crippen LogP contribution is -2.62. The number of rotatable bonds is 7. The highest BCUT2D eigenvalue weighted by atomic mass is 32.3. The molecule has 0 spiro atoms. The summed E-state index contributed by atoms with van der Waals surface area (Å²) in [6.45, 7) is 1.21. The highest BCUT2D eigenvalue weighted by molar-refractivity contribution is 7.95. The van der Waals surface area contributed by atoms with Crippen molar-refractivity contribution in [1.82, 2.24) is 4.90 Å². The molecule has 3 N–H and O–H groups in total. The summed E-state index contributed by atoms with van der Waals surface area (Å²) in [5, 5.41) is 17.9. The molecule has 2 aliphatic rings. The predicted octanol–water partition coefficient (Wildman–Crippen LogP) is -1.45. The van der Waals surface area contributed by atoms with E-state index in [4.69, 9.17) is 9.66 Å². The fourth-order valence-corrected chi connectivity index (χ4v) is 4.53. The van der Waals surface area contributed by atoms with Gasteiger partial charge >= 0.3 is 22.3 Å². The number of carboxylic acids is 2. The molecule has 1 fully saturated rings. The summed E-state index contributed by atoms with van der Waals surface area (Å²) in [4.78, 5) is 34.8. The van der Waals surface area contributed by atoms with Gasteiger partial charge < -0.3 is 14.8 Å². The van der Waals surface area contributed by atoms with Gasteiger partial charge in [-0.3, -0.25) is 14.2 Å². The molecule has 2 heterocycles. The molecule has 1 saturated heterocycles. The smallest absolute Gasteiger partial charge is 0.397 e. The molecule has 0 aromatic carbocycles. The number of carbonyl (C=O) groups is 3. The molecule has 0 aromatic rings. The first-order valence-corrected chi connectivity index (χ1v) is 9.17. The van der Waals surface area contributed by atoms with Crippen molar-refractivity contribution < 1.29 is 46.3 Å². The normalized spacial score (nSPS) is 26.0. The summed E-state index contributed by atoms with van der Waals surface area (Å²) < 4.78 is 46.5. The molecule has 134 valence electrons. The highest BCUT2D eigenvalue weighted by Crippen LogP contribution is 2.46. The first-order valence-electron chi connectivity index (χ1n) is 6.49. The zero-order valence-corrected chi connectivity index (χ0v) is 13.7. The summed E-state index contributed by atoms with van der Waals surface area (Å²) in [5.74, 6) is -5.59. The van der Waals surface area contributed by atoms with Crippen molar-refractivity contribution in [2.75, 3.05) is 5.75 Å². The third kappa shape index (κ3) is 3.39. The standard InChI is InChI=1S/C11H13NO10S2/c1-4(22-24(19,20)21)8-5-2-6(23(18)3-7(13)14)9(11(16)17)12(5)10(8)15/h4-5,8H,2-3H2,1H3,(H,13,14)(H,16,17)(H,19,20,21)/t4-,5+,8-,23?/m0/s1. The molecule has 4 atom stereocenters. The highest BCUT2D eigenvalue weighted by Gasteiger charge is 2.60. The van der Waals surface area contributed by atoms with Crippen LogP contribution in [0.25, 0.3) is 0 Å². The predicted molar refractivity (Wildman–Crippen MR) is 76.1 cm³/mol. The van der Waals surface area contributed by atoms with Gasteiger partial charge in [0.15, 0.2) is 10.6 Å². The molecule has 11 nitrogen and oxygen atoms in total. The Labute approximate surface area is 139 Å². The summed E-state index contributed by atoms with van der Waals surface area (Å²) in [6, 6.07) is -0.826. The number of fused-ring (bicyclic) bond motifs is 1. The van der Waals surface area contributed by atoms with Gasteiger partial charge in [0.2, 0.25) is 11.7 Å². The van der Waals surface area contributed by atoms with Crippen molar-refractivity contribution in [2.24, 2.45) is 5.92 Å². The van der Waals surface area contributed by atoms with Gasteiger partial charge in [-0.05, 0) is 18.1 Å². The van der Waals surface area contributed by atoms with E-state index in [2.05, 4.69) is 4.18 Å². The lowest BCUT2D eigenvalue weighted by atomic mass is 9.83. The maximum Gasteiger partial charge on any atom is 0.397 e. The number of hydrogen-bond donors (Lipinski definition) is 3. The molecular formula is C11H13NO10S2. The van der Waals surface area contributed by atoms with Gasteiger partial charge in [-0.15, -0.1) is 0 Å². The molecule has 0 bridgehead atoms. The maximum absolute atomic E-state index is 12.1. The molecule has 13 heteroatoms. The first kappa shape index (κ1) is 18.7. The minimum Gasteiger partial charge on any atom is -0.611 e. The lowest BCUT2D eigenvalue weighted by molar-refractivity contribution is -0.160. The quantitative estimate of drug-likeness (QED) is 0.267. The fourth-order valence-electron chi connectivity index (χ4n) is 2.87. The molecule has 1 unspecified atom stereocenters. The molecular weight excluding hydrogens is 370 g/mol. The monoisotopic (exact) mass is 383 g/mol. The third-order valence-corrected chi connectivity index (χ3v) is 5.64. The largest absolute Gasteiger partial charge is 0.611 e. The minimum atomic E-state index is -4.81. The van der Waals surface area contributed by atoms with Gasteiger partial charge in [0.25, 0.3) is 0 Å². The Morgan fingerprint density at radius 3 is 2.50 bits per heavy atom. The van der Waals surface area contributed by atoms with Crippen molar-refractivity contribution in [2.45, 2.75) is 25.5 Å². The number of carboxylic acid groups (broad SMARTS) is 2. The van der Waals surface area contributed by atoms with Crippen LogP contribution in [0.5, 0.6) is 0 Å². The van der Waals surface area contributed by atoms with Crippen LogP contribution >= 0.6 is 0 Å². The topological polar surface area (TPSA) is 182 Å². The molecule has 24 heavy (non-hydrogen) atoms. The van der Waals surface area contributed by atoms with Crippen molar-refractivity contribution >= 4 is 39.4 Å². The van der Waals surface area contributed by atoms with E-state index in [1.54, 1.807) is 0 Å². The summed E-state index contributed by atoms with van der Waals surface area (Å²) >= 11 is -2.14. The number of amides is 1.